The number of nitrogens with zero attached hydrogens (tertiary/aromatic N) is 4. The molecule has 0 atom stereocenters. The molecule has 1 aromatic carbocycles. The molecule has 0 aliphatic rings. The van der Waals surface area contributed by atoms with Gasteiger partial charge in [0.1, 0.15) is 0 Å². The summed E-state index contributed by atoms with van der Waals surface area (Å²) in [7, 11) is 1.65. The monoisotopic (exact) mass is 398 g/mol. The Morgan fingerprint density at radius 1 is 1.28 bits per heavy atom. The average molecular weight is 398 g/mol. The molecule has 2 aromatic heterocycles. The van der Waals surface area contributed by atoms with Crippen LogP contribution >= 0.6 is 0 Å². The molecule has 0 spiro atoms. The third-order valence-corrected chi connectivity index (χ3v) is 4.94. The number of non-ortho nitro benzene ring substituents is 1. The highest BCUT2D eigenvalue weighted by atomic mass is 16.6. The van der Waals surface area contributed by atoms with Gasteiger partial charge in [-0.05, 0) is 32.4 Å². The lowest BCUT2D eigenvalue weighted by molar-refractivity contribution is -0.384. The van der Waals surface area contributed by atoms with E-state index in [9.17, 15) is 19.7 Å². The number of carbonyl (C=O) groups excluding carboxylic acids is 1. The largest absolute Gasteiger partial charge is 0.385 e. The van der Waals surface area contributed by atoms with E-state index < -0.39 is 10.5 Å². The smallest absolute Gasteiger partial charge is 0.270 e. The summed E-state index contributed by atoms with van der Waals surface area (Å²) < 4.78 is 8.32. The van der Waals surface area contributed by atoms with Gasteiger partial charge in [-0.25, -0.2) is 4.98 Å². The lowest BCUT2D eigenvalue weighted by atomic mass is 10.1. The minimum atomic E-state index is -0.570. The van der Waals surface area contributed by atoms with Crippen molar-refractivity contribution < 1.29 is 14.5 Å². The van der Waals surface area contributed by atoms with Gasteiger partial charge >= 0.3 is 0 Å². The number of ketones is 1. The van der Waals surface area contributed by atoms with Gasteiger partial charge in [0.25, 0.3) is 11.2 Å². The van der Waals surface area contributed by atoms with Crippen LogP contribution in [-0.4, -0.2) is 38.5 Å². The SMILES string of the molecule is COCCCn1c(C)cc(C(=O)Cn2cnc3ccc([N+](=O)[O-])cc3c2=O)c1C. The van der Waals surface area contributed by atoms with Crippen LogP contribution < -0.4 is 5.56 Å². The quantitative estimate of drug-likeness (QED) is 0.250. The number of aromatic nitrogens is 3. The standard InChI is InChI=1S/C20H22N4O5/c1-13-9-16(14(2)23(13)7-4-8-29-3)19(25)11-22-12-21-18-6-5-15(24(27)28)10-17(18)20(22)26/h5-6,9-10,12H,4,7-8,11H2,1-3H3. The fourth-order valence-electron chi connectivity index (χ4n) is 3.41. The fourth-order valence-corrected chi connectivity index (χ4v) is 3.41. The van der Waals surface area contributed by atoms with Gasteiger partial charge in [0.05, 0.1) is 28.7 Å². The molecule has 2 heterocycles. The van der Waals surface area contributed by atoms with Crippen LogP contribution in [0.1, 0.15) is 28.2 Å². The number of Topliss-reactive ketones (excluding diaryl/α,β-unsaturated/α-hetero) is 1. The van der Waals surface area contributed by atoms with Crippen LogP contribution in [0.15, 0.2) is 35.4 Å². The summed E-state index contributed by atoms with van der Waals surface area (Å²) in [6, 6.07) is 5.72. The molecule has 3 rings (SSSR count). The third kappa shape index (κ3) is 4.09. The Balaban J connectivity index is 1.90. The van der Waals surface area contributed by atoms with Crippen molar-refractivity contribution in [2.24, 2.45) is 0 Å². The molecule has 0 N–H and O–H groups in total. The molecule has 0 aliphatic carbocycles. The van der Waals surface area contributed by atoms with E-state index >= 15 is 0 Å². The summed E-state index contributed by atoms with van der Waals surface area (Å²) in [6.45, 7) is 4.98. The van der Waals surface area contributed by atoms with Gasteiger partial charge in [0.2, 0.25) is 0 Å². The topological polar surface area (TPSA) is 109 Å². The molecular weight excluding hydrogens is 376 g/mol. The molecule has 152 valence electrons. The minimum Gasteiger partial charge on any atom is -0.385 e. The summed E-state index contributed by atoms with van der Waals surface area (Å²) in [4.78, 5) is 40.2. The van der Waals surface area contributed by atoms with Crippen molar-refractivity contribution in [1.29, 1.82) is 0 Å². The van der Waals surface area contributed by atoms with Crippen LogP contribution in [0, 0.1) is 24.0 Å². The molecule has 0 saturated carbocycles. The van der Waals surface area contributed by atoms with E-state index in [1.807, 2.05) is 19.9 Å². The van der Waals surface area contributed by atoms with Gasteiger partial charge in [0.15, 0.2) is 5.78 Å². The molecule has 0 radical (unpaired) electrons. The number of benzene rings is 1. The predicted octanol–water partition coefficient (Wildman–Crippen LogP) is 2.64. The number of ether oxygens (including phenoxy) is 1. The molecule has 0 amide bonds. The number of nitro benzene ring substituents is 1. The van der Waals surface area contributed by atoms with Crippen LogP contribution in [-0.2, 0) is 17.8 Å². The van der Waals surface area contributed by atoms with Crippen molar-refractivity contribution in [1.82, 2.24) is 14.1 Å². The van der Waals surface area contributed by atoms with Crippen LogP contribution in [0.25, 0.3) is 10.9 Å². The van der Waals surface area contributed by atoms with Crippen molar-refractivity contribution in [3.63, 3.8) is 0 Å². The first-order valence-corrected chi connectivity index (χ1v) is 9.16. The number of fused-ring (bicyclic) bond motifs is 1. The average Bonchev–Trinajstić information content (AvgIpc) is 2.98. The Kier molecular flexibility index (Phi) is 5.88. The fraction of sp³-hybridized carbons (Fsp3) is 0.350. The number of nitro groups is 1. The van der Waals surface area contributed by atoms with Gasteiger partial charge in [0, 0.05) is 49.3 Å². The van der Waals surface area contributed by atoms with Crippen LogP contribution in [0.3, 0.4) is 0 Å². The van der Waals surface area contributed by atoms with Gasteiger partial charge in [-0.1, -0.05) is 0 Å². The van der Waals surface area contributed by atoms with Crippen molar-refractivity contribution >= 4 is 22.4 Å². The van der Waals surface area contributed by atoms with Crippen LogP contribution in [0.5, 0.6) is 0 Å². The van der Waals surface area contributed by atoms with Gasteiger partial charge in [-0.15, -0.1) is 0 Å². The molecule has 0 saturated heterocycles. The van der Waals surface area contributed by atoms with E-state index in [0.29, 0.717) is 17.7 Å². The number of hydrogen-bond acceptors (Lipinski definition) is 6. The van der Waals surface area contributed by atoms with Crippen molar-refractivity contribution in [3.8, 4) is 0 Å². The molecule has 0 unspecified atom stereocenters. The third-order valence-electron chi connectivity index (χ3n) is 4.94. The van der Waals surface area contributed by atoms with E-state index in [4.69, 9.17) is 4.74 Å². The van der Waals surface area contributed by atoms with E-state index in [1.165, 1.54) is 29.1 Å². The molecule has 3 aromatic rings. The first kappa shape index (κ1) is 20.4. The maximum absolute atomic E-state index is 12.9. The maximum atomic E-state index is 12.9. The second-order valence-electron chi connectivity index (χ2n) is 6.84. The molecule has 9 heteroatoms. The number of aryl methyl sites for hydroxylation is 1. The Hall–Kier alpha value is -3.33. The number of rotatable bonds is 8. The number of methoxy groups -OCH3 is 1. The molecule has 0 fully saturated rings. The van der Waals surface area contributed by atoms with E-state index in [-0.39, 0.29) is 23.4 Å². The van der Waals surface area contributed by atoms with Crippen LogP contribution in [0.4, 0.5) is 5.69 Å². The van der Waals surface area contributed by atoms with Gasteiger partial charge < -0.3 is 9.30 Å². The predicted molar refractivity (Wildman–Crippen MR) is 107 cm³/mol. The van der Waals surface area contributed by atoms with Crippen molar-refractivity contribution in [3.05, 3.63) is 68.0 Å². The zero-order valence-corrected chi connectivity index (χ0v) is 16.5. The number of carbonyl (C=O) groups is 1. The molecule has 9 nitrogen and oxygen atoms in total. The molecule has 0 bridgehead atoms. The Labute approximate surface area is 166 Å². The van der Waals surface area contributed by atoms with Gasteiger partial charge in [-0.3, -0.25) is 24.3 Å². The lowest BCUT2D eigenvalue weighted by Crippen LogP contribution is -2.25. The second kappa shape index (κ2) is 8.36. The lowest BCUT2D eigenvalue weighted by Gasteiger charge is -2.10. The second-order valence-corrected chi connectivity index (χ2v) is 6.84. The molecule has 0 aliphatic heterocycles. The van der Waals surface area contributed by atoms with Crippen molar-refractivity contribution in [2.75, 3.05) is 13.7 Å². The highest BCUT2D eigenvalue weighted by Gasteiger charge is 2.18. The zero-order valence-electron chi connectivity index (χ0n) is 16.5. The summed E-state index contributed by atoms with van der Waals surface area (Å²) in [5.41, 5.74) is 2.01. The minimum absolute atomic E-state index is 0.111. The van der Waals surface area contributed by atoms with Gasteiger partial charge in [-0.2, -0.15) is 0 Å². The first-order valence-electron chi connectivity index (χ1n) is 9.16. The highest BCUT2D eigenvalue weighted by Crippen LogP contribution is 2.18. The van der Waals surface area contributed by atoms with Crippen LogP contribution in [0.2, 0.25) is 0 Å². The summed E-state index contributed by atoms with van der Waals surface area (Å²) in [5.74, 6) is -0.218. The molecular formula is C20H22N4O5. The number of hydrogen-bond donors (Lipinski definition) is 0. The Morgan fingerprint density at radius 2 is 2.03 bits per heavy atom. The Bertz CT molecular complexity index is 1150. The van der Waals surface area contributed by atoms with Crippen molar-refractivity contribution in [2.45, 2.75) is 33.4 Å². The van der Waals surface area contributed by atoms with E-state index in [0.717, 1.165) is 24.4 Å². The highest BCUT2D eigenvalue weighted by molar-refractivity contribution is 5.97. The summed E-state index contributed by atoms with van der Waals surface area (Å²) in [5, 5.41) is 11.1. The maximum Gasteiger partial charge on any atom is 0.270 e. The molecule has 29 heavy (non-hydrogen) atoms. The first-order chi connectivity index (χ1) is 13.8. The summed E-state index contributed by atoms with van der Waals surface area (Å²) in [6.07, 6.45) is 2.12. The van der Waals surface area contributed by atoms with E-state index in [1.54, 1.807) is 7.11 Å². The summed E-state index contributed by atoms with van der Waals surface area (Å²) >= 11 is 0. The van der Waals surface area contributed by atoms with E-state index in [2.05, 4.69) is 9.55 Å². The zero-order chi connectivity index (χ0) is 21.1. The Morgan fingerprint density at radius 3 is 2.72 bits per heavy atom. The normalized spacial score (nSPS) is 11.1.